The normalized spacial score (nSPS) is 20.1. The van der Waals surface area contributed by atoms with E-state index in [0.717, 1.165) is 11.1 Å². The predicted molar refractivity (Wildman–Crippen MR) is 91.1 cm³/mol. The number of ether oxygens (including phenoxy) is 1. The summed E-state index contributed by atoms with van der Waals surface area (Å²) < 4.78 is 18.7. The molecule has 2 aromatic rings. The van der Waals surface area contributed by atoms with E-state index in [1.54, 1.807) is 19.2 Å². The first kappa shape index (κ1) is 17.5. The molecule has 0 saturated heterocycles. The van der Waals surface area contributed by atoms with Crippen LogP contribution in [-0.4, -0.2) is 26.2 Å². The van der Waals surface area contributed by atoms with Crippen LogP contribution in [-0.2, 0) is 20.8 Å². The quantitative estimate of drug-likeness (QED) is 0.791. The van der Waals surface area contributed by atoms with Crippen LogP contribution < -0.4 is 10.8 Å². The average molecular weight is 344 g/mol. The van der Waals surface area contributed by atoms with E-state index in [0.29, 0.717) is 12.0 Å². The largest absolute Gasteiger partial charge is 0.375 e. The maximum absolute atomic E-state index is 13.1. The molecule has 1 amide bonds. The molecule has 0 spiro atoms. The van der Waals surface area contributed by atoms with E-state index in [4.69, 9.17) is 9.57 Å². The maximum Gasteiger partial charge on any atom is 0.244 e. The van der Waals surface area contributed by atoms with Gasteiger partial charge in [0, 0.05) is 7.11 Å². The van der Waals surface area contributed by atoms with Gasteiger partial charge >= 0.3 is 0 Å². The maximum atomic E-state index is 13.1. The summed E-state index contributed by atoms with van der Waals surface area (Å²) in [4.78, 5) is 17.7. The van der Waals surface area contributed by atoms with Crippen LogP contribution in [0.15, 0.2) is 48.5 Å². The van der Waals surface area contributed by atoms with Crippen molar-refractivity contribution in [2.24, 2.45) is 0 Å². The summed E-state index contributed by atoms with van der Waals surface area (Å²) in [6.45, 7) is 0. The molecule has 25 heavy (non-hydrogen) atoms. The molecule has 0 aliphatic heterocycles. The average Bonchev–Trinajstić information content (AvgIpc) is 2.97. The lowest BCUT2D eigenvalue weighted by atomic mass is 10.1. The SMILES string of the molecule is CONC(C(=O)NC1Cc2ccccc2C1OC)c1ccc(F)cc1. The Morgan fingerprint density at radius 2 is 1.88 bits per heavy atom. The lowest BCUT2D eigenvalue weighted by Gasteiger charge is -2.24. The summed E-state index contributed by atoms with van der Waals surface area (Å²) in [6.07, 6.45) is 0.500. The molecule has 6 heteroatoms. The van der Waals surface area contributed by atoms with Crippen LogP contribution in [0.3, 0.4) is 0 Å². The molecule has 3 atom stereocenters. The van der Waals surface area contributed by atoms with Crippen molar-refractivity contribution in [1.82, 2.24) is 10.8 Å². The summed E-state index contributed by atoms with van der Waals surface area (Å²) >= 11 is 0. The van der Waals surface area contributed by atoms with Gasteiger partial charge < -0.3 is 14.9 Å². The number of benzene rings is 2. The van der Waals surface area contributed by atoms with E-state index in [-0.39, 0.29) is 23.9 Å². The van der Waals surface area contributed by atoms with Crippen molar-refractivity contribution in [3.8, 4) is 0 Å². The van der Waals surface area contributed by atoms with Gasteiger partial charge in [0.05, 0.1) is 13.2 Å². The lowest BCUT2D eigenvalue weighted by molar-refractivity contribution is -0.128. The van der Waals surface area contributed by atoms with Crippen LogP contribution in [0.25, 0.3) is 0 Å². The Hall–Kier alpha value is -2.28. The van der Waals surface area contributed by atoms with Crippen LogP contribution in [0.2, 0.25) is 0 Å². The second kappa shape index (κ2) is 7.74. The van der Waals surface area contributed by atoms with Gasteiger partial charge in [0.25, 0.3) is 0 Å². The molecule has 2 aromatic carbocycles. The summed E-state index contributed by atoms with van der Waals surface area (Å²) in [5, 5.41) is 3.02. The fourth-order valence-corrected chi connectivity index (χ4v) is 3.29. The van der Waals surface area contributed by atoms with Crippen molar-refractivity contribution in [2.45, 2.75) is 24.6 Å². The first-order valence-corrected chi connectivity index (χ1v) is 8.09. The van der Waals surface area contributed by atoms with Crippen LogP contribution in [0, 0.1) is 5.82 Å². The van der Waals surface area contributed by atoms with Gasteiger partial charge in [-0.3, -0.25) is 4.79 Å². The van der Waals surface area contributed by atoms with E-state index in [9.17, 15) is 9.18 Å². The van der Waals surface area contributed by atoms with Gasteiger partial charge in [-0.25, -0.2) is 4.39 Å². The third-order valence-electron chi connectivity index (χ3n) is 4.45. The van der Waals surface area contributed by atoms with Crippen LogP contribution in [0.1, 0.15) is 28.8 Å². The molecule has 132 valence electrons. The molecule has 0 aromatic heterocycles. The van der Waals surface area contributed by atoms with Crippen LogP contribution >= 0.6 is 0 Å². The Bertz CT molecular complexity index is 736. The monoisotopic (exact) mass is 344 g/mol. The molecule has 3 unspecified atom stereocenters. The highest BCUT2D eigenvalue weighted by atomic mass is 19.1. The molecular weight excluding hydrogens is 323 g/mol. The zero-order chi connectivity index (χ0) is 17.8. The minimum Gasteiger partial charge on any atom is -0.375 e. The molecule has 2 N–H and O–H groups in total. The summed E-state index contributed by atoms with van der Waals surface area (Å²) in [6, 6.07) is 12.8. The Morgan fingerprint density at radius 3 is 2.56 bits per heavy atom. The number of nitrogens with one attached hydrogen (secondary N) is 2. The van der Waals surface area contributed by atoms with E-state index in [1.165, 1.54) is 19.2 Å². The van der Waals surface area contributed by atoms with Gasteiger partial charge in [0.1, 0.15) is 18.0 Å². The standard InChI is InChI=1S/C19H21FN2O3/c1-24-18-15-6-4-3-5-13(15)11-16(18)21-19(23)17(22-25-2)12-7-9-14(20)10-8-12/h3-10,16-18,22H,11H2,1-2H3,(H,21,23). The number of halogens is 1. The Morgan fingerprint density at radius 1 is 1.16 bits per heavy atom. The second-order valence-corrected chi connectivity index (χ2v) is 5.98. The molecule has 5 nitrogen and oxygen atoms in total. The number of carbonyl (C=O) groups excluding carboxylic acids is 1. The highest BCUT2D eigenvalue weighted by molar-refractivity contribution is 5.83. The minimum absolute atomic E-state index is 0.170. The summed E-state index contributed by atoms with van der Waals surface area (Å²) in [7, 11) is 3.07. The molecule has 0 fully saturated rings. The molecular formula is C19H21FN2O3. The number of hydroxylamine groups is 1. The molecule has 3 rings (SSSR count). The van der Waals surface area contributed by atoms with Crippen molar-refractivity contribution < 1.29 is 18.8 Å². The van der Waals surface area contributed by atoms with Crippen molar-refractivity contribution in [1.29, 1.82) is 0 Å². The van der Waals surface area contributed by atoms with Crippen molar-refractivity contribution in [3.05, 3.63) is 71.0 Å². The van der Waals surface area contributed by atoms with Crippen molar-refractivity contribution >= 4 is 5.91 Å². The van der Waals surface area contributed by atoms with Gasteiger partial charge in [0.15, 0.2) is 0 Å². The zero-order valence-electron chi connectivity index (χ0n) is 14.2. The smallest absolute Gasteiger partial charge is 0.244 e. The number of hydrogen-bond donors (Lipinski definition) is 2. The minimum atomic E-state index is -0.744. The van der Waals surface area contributed by atoms with Crippen LogP contribution in [0.4, 0.5) is 4.39 Å². The number of carbonyl (C=O) groups is 1. The first-order valence-electron chi connectivity index (χ1n) is 8.09. The number of methoxy groups -OCH3 is 1. The van der Waals surface area contributed by atoms with Crippen LogP contribution in [0.5, 0.6) is 0 Å². The third-order valence-corrected chi connectivity index (χ3v) is 4.45. The third kappa shape index (κ3) is 3.71. The fourth-order valence-electron chi connectivity index (χ4n) is 3.29. The molecule has 1 aliphatic carbocycles. The van der Waals surface area contributed by atoms with Gasteiger partial charge in [-0.15, -0.1) is 0 Å². The first-order chi connectivity index (χ1) is 12.1. The van der Waals surface area contributed by atoms with Gasteiger partial charge in [-0.05, 0) is 35.2 Å². The zero-order valence-corrected chi connectivity index (χ0v) is 14.2. The van der Waals surface area contributed by atoms with Crippen molar-refractivity contribution in [2.75, 3.05) is 14.2 Å². The number of fused-ring (bicyclic) bond motifs is 1. The lowest BCUT2D eigenvalue weighted by Crippen LogP contribution is -2.44. The molecule has 0 saturated carbocycles. The molecule has 1 aliphatic rings. The van der Waals surface area contributed by atoms with Crippen molar-refractivity contribution in [3.63, 3.8) is 0 Å². The van der Waals surface area contributed by atoms with Gasteiger partial charge in [-0.1, -0.05) is 36.4 Å². The van der Waals surface area contributed by atoms with Gasteiger partial charge in [-0.2, -0.15) is 5.48 Å². The number of rotatable bonds is 6. The summed E-state index contributed by atoms with van der Waals surface area (Å²) in [5.41, 5.74) is 5.54. The topological polar surface area (TPSA) is 59.6 Å². The molecule has 0 heterocycles. The van der Waals surface area contributed by atoms with E-state index >= 15 is 0 Å². The summed E-state index contributed by atoms with van der Waals surface area (Å²) in [5.74, 6) is -0.612. The fraction of sp³-hybridized carbons (Fsp3) is 0.316. The van der Waals surface area contributed by atoms with E-state index < -0.39 is 6.04 Å². The number of hydrogen-bond acceptors (Lipinski definition) is 4. The van der Waals surface area contributed by atoms with Gasteiger partial charge in [0.2, 0.25) is 5.91 Å². The Balaban J connectivity index is 1.76. The molecule has 0 bridgehead atoms. The Kier molecular flexibility index (Phi) is 5.43. The highest BCUT2D eigenvalue weighted by Gasteiger charge is 2.35. The second-order valence-electron chi connectivity index (χ2n) is 5.98. The van der Waals surface area contributed by atoms with E-state index in [2.05, 4.69) is 10.8 Å². The number of amides is 1. The van der Waals surface area contributed by atoms with E-state index in [1.807, 2.05) is 24.3 Å². The Labute approximate surface area is 146 Å². The predicted octanol–water partition coefficient (Wildman–Crippen LogP) is 2.45. The molecule has 0 radical (unpaired) electrons. The highest BCUT2D eigenvalue weighted by Crippen LogP contribution is 2.34.